The molecule has 0 radical (unpaired) electrons. The predicted octanol–water partition coefficient (Wildman–Crippen LogP) is 1.13. The Morgan fingerprint density at radius 3 is 2.75 bits per heavy atom. The van der Waals surface area contributed by atoms with Crippen LogP contribution in [0, 0.1) is 6.92 Å². The van der Waals surface area contributed by atoms with Gasteiger partial charge in [-0.1, -0.05) is 18.2 Å². The van der Waals surface area contributed by atoms with Gasteiger partial charge in [-0.2, -0.15) is 0 Å². The van der Waals surface area contributed by atoms with Crippen molar-refractivity contribution in [3.05, 3.63) is 29.8 Å². The number of aliphatic hydroxyl groups is 1. The fourth-order valence-electron chi connectivity index (χ4n) is 2.26. The Labute approximate surface area is 121 Å². The first-order valence-electron chi connectivity index (χ1n) is 6.38. The lowest BCUT2D eigenvalue weighted by molar-refractivity contribution is -0.147. The third kappa shape index (κ3) is 3.32. The van der Waals surface area contributed by atoms with Gasteiger partial charge in [0.1, 0.15) is 6.04 Å². The molecule has 1 heterocycles. The third-order valence-electron chi connectivity index (χ3n) is 3.33. The average Bonchev–Trinajstić information content (AvgIpc) is 2.80. The molecule has 0 unspecified atom stereocenters. The van der Waals surface area contributed by atoms with E-state index < -0.39 is 18.1 Å². The SMILES string of the molecule is Cc1ccccc1SCC(=O)N1C[C@H](O)C[C@H]1C(=O)O. The fourth-order valence-corrected chi connectivity index (χ4v) is 3.18. The van der Waals surface area contributed by atoms with Gasteiger partial charge in [-0.3, -0.25) is 4.79 Å². The number of β-amino-alcohol motifs (C(OH)–C–C–N with tert-alkyl or cyclic N) is 1. The molecule has 1 aromatic rings. The number of aliphatic carboxylic acids is 1. The molecule has 2 atom stereocenters. The van der Waals surface area contributed by atoms with E-state index in [1.807, 2.05) is 31.2 Å². The Balaban J connectivity index is 1.98. The van der Waals surface area contributed by atoms with E-state index >= 15 is 0 Å². The number of aliphatic hydroxyl groups excluding tert-OH is 1. The second kappa shape index (κ2) is 6.28. The van der Waals surface area contributed by atoms with Crippen LogP contribution in [0.25, 0.3) is 0 Å². The molecule has 1 aromatic carbocycles. The average molecular weight is 295 g/mol. The summed E-state index contributed by atoms with van der Waals surface area (Å²) in [6.45, 7) is 2.07. The van der Waals surface area contributed by atoms with Crippen molar-refractivity contribution in [3.63, 3.8) is 0 Å². The Morgan fingerprint density at radius 2 is 2.10 bits per heavy atom. The molecule has 6 heteroatoms. The molecule has 1 aliphatic rings. The molecular weight excluding hydrogens is 278 g/mol. The minimum atomic E-state index is -1.06. The van der Waals surface area contributed by atoms with E-state index in [-0.39, 0.29) is 24.6 Å². The highest BCUT2D eigenvalue weighted by atomic mass is 32.2. The summed E-state index contributed by atoms with van der Waals surface area (Å²) in [5.41, 5.74) is 1.08. The number of carbonyl (C=O) groups is 2. The Morgan fingerprint density at radius 1 is 1.40 bits per heavy atom. The van der Waals surface area contributed by atoms with Crippen LogP contribution < -0.4 is 0 Å². The summed E-state index contributed by atoms with van der Waals surface area (Å²) in [6.07, 6.45) is -0.640. The summed E-state index contributed by atoms with van der Waals surface area (Å²) >= 11 is 1.39. The van der Waals surface area contributed by atoms with Crippen LogP contribution in [-0.2, 0) is 9.59 Å². The molecule has 1 amide bonds. The molecular formula is C14H17NO4S. The monoisotopic (exact) mass is 295 g/mol. The number of carbonyl (C=O) groups excluding carboxylic acids is 1. The zero-order valence-corrected chi connectivity index (χ0v) is 12.0. The summed E-state index contributed by atoms with van der Waals surface area (Å²) < 4.78 is 0. The van der Waals surface area contributed by atoms with Crippen LogP contribution in [0.4, 0.5) is 0 Å². The third-order valence-corrected chi connectivity index (χ3v) is 4.49. The van der Waals surface area contributed by atoms with E-state index in [2.05, 4.69) is 0 Å². The maximum absolute atomic E-state index is 12.1. The van der Waals surface area contributed by atoms with Crippen molar-refractivity contribution in [3.8, 4) is 0 Å². The normalized spacial score (nSPS) is 22.0. The highest BCUT2D eigenvalue weighted by Gasteiger charge is 2.38. The van der Waals surface area contributed by atoms with Crippen LogP contribution in [0.2, 0.25) is 0 Å². The summed E-state index contributed by atoms with van der Waals surface area (Å²) in [5, 5.41) is 18.6. The first-order chi connectivity index (χ1) is 9.49. The van der Waals surface area contributed by atoms with Crippen LogP contribution >= 0.6 is 11.8 Å². The van der Waals surface area contributed by atoms with Crippen molar-refractivity contribution in [1.82, 2.24) is 4.90 Å². The predicted molar refractivity (Wildman–Crippen MR) is 75.7 cm³/mol. The van der Waals surface area contributed by atoms with Gasteiger partial charge in [0.25, 0.3) is 0 Å². The van der Waals surface area contributed by atoms with Crippen molar-refractivity contribution in [2.45, 2.75) is 30.4 Å². The second-order valence-electron chi connectivity index (χ2n) is 4.84. The lowest BCUT2D eigenvalue weighted by Gasteiger charge is -2.21. The molecule has 0 aliphatic carbocycles. The van der Waals surface area contributed by atoms with Gasteiger partial charge in [0.2, 0.25) is 5.91 Å². The molecule has 0 spiro atoms. The minimum Gasteiger partial charge on any atom is -0.480 e. The molecule has 1 aliphatic heterocycles. The number of carboxylic acid groups (broad SMARTS) is 1. The van der Waals surface area contributed by atoms with Crippen LogP contribution in [-0.4, -0.2) is 51.4 Å². The smallest absolute Gasteiger partial charge is 0.326 e. The summed E-state index contributed by atoms with van der Waals surface area (Å²) in [5.74, 6) is -1.13. The summed E-state index contributed by atoms with van der Waals surface area (Å²) in [4.78, 5) is 25.5. The van der Waals surface area contributed by atoms with E-state index in [4.69, 9.17) is 5.11 Å². The minimum absolute atomic E-state index is 0.101. The highest BCUT2D eigenvalue weighted by molar-refractivity contribution is 8.00. The first kappa shape index (κ1) is 14.9. The van der Waals surface area contributed by atoms with Gasteiger partial charge in [-0.05, 0) is 18.6 Å². The van der Waals surface area contributed by atoms with Crippen LogP contribution in [0.15, 0.2) is 29.2 Å². The van der Waals surface area contributed by atoms with E-state index in [1.54, 1.807) is 0 Å². The van der Waals surface area contributed by atoms with Gasteiger partial charge in [0, 0.05) is 17.9 Å². The van der Waals surface area contributed by atoms with Gasteiger partial charge in [0.05, 0.1) is 11.9 Å². The number of hydrogen-bond acceptors (Lipinski definition) is 4. The number of rotatable bonds is 4. The quantitative estimate of drug-likeness (QED) is 0.814. The summed E-state index contributed by atoms with van der Waals surface area (Å²) in [6, 6.07) is 6.82. The van der Waals surface area contributed by atoms with Gasteiger partial charge >= 0.3 is 5.97 Å². The van der Waals surface area contributed by atoms with E-state index in [0.29, 0.717) is 0 Å². The lowest BCUT2D eigenvalue weighted by Crippen LogP contribution is -2.41. The van der Waals surface area contributed by atoms with Gasteiger partial charge in [0.15, 0.2) is 0 Å². The number of carboxylic acids is 1. The number of benzene rings is 1. The maximum atomic E-state index is 12.1. The van der Waals surface area contributed by atoms with Crippen LogP contribution in [0.1, 0.15) is 12.0 Å². The molecule has 20 heavy (non-hydrogen) atoms. The second-order valence-corrected chi connectivity index (χ2v) is 5.86. The van der Waals surface area contributed by atoms with Crippen molar-refractivity contribution in [1.29, 1.82) is 0 Å². The topological polar surface area (TPSA) is 77.8 Å². The maximum Gasteiger partial charge on any atom is 0.326 e. The molecule has 2 rings (SSSR count). The molecule has 1 fully saturated rings. The van der Waals surface area contributed by atoms with E-state index in [9.17, 15) is 14.7 Å². The molecule has 2 N–H and O–H groups in total. The zero-order chi connectivity index (χ0) is 14.7. The van der Waals surface area contributed by atoms with Crippen LogP contribution in [0.3, 0.4) is 0 Å². The number of aryl methyl sites for hydroxylation is 1. The van der Waals surface area contributed by atoms with Crippen molar-refractivity contribution >= 4 is 23.6 Å². The number of amides is 1. The summed E-state index contributed by atoms with van der Waals surface area (Å²) in [7, 11) is 0. The largest absolute Gasteiger partial charge is 0.480 e. The highest BCUT2D eigenvalue weighted by Crippen LogP contribution is 2.24. The molecule has 108 valence electrons. The number of nitrogens with zero attached hydrogens (tertiary/aromatic N) is 1. The number of hydrogen-bond donors (Lipinski definition) is 2. The first-order valence-corrected chi connectivity index (χ1v) is 7.36. The van der Waals surface area contributed by atoms with Gasteiger partial charge in [-0.15, -0.1) is 11.8 Å². The standard InChI is InChI=1S/C14H17NO4S/c1-9-4-2-3-5-12(9)20-8-13(17)15-7-10(16)6-11(15)14(18)19/h2-5,10-11,16H,6-8H2,1H3,(H,18,19)/t10-,11+/m1/s1. The lowest BCUT2D eigenvalue weighted by atomic mass is 10.2. The molecule has 0 aromatic heterocycles. The molecule has 1 saturated heterocycles. The molecule has 5 nitrogen and oxygen atoms in total. The molecule has 0 saturated carbocycles. The van der Waals surface area contributed by atoms with E-state index in [0.717, 1.165) is 10.5 Å². The van der Waals surface area contributed by atoms with Crippen LogP contribution in [0.5, 0.6) is 0 Å². The van der Waals surface area contributed by atoms with Crippen molar-refractivity contribution in [2.24, 2.45) is 0 Å². The van der Waals surface area contributed by atoms with E-state index in [1.165, 1.54) is 16.7 Å². The van der Waals surface area contributed by atoms with Crippen molar-refractivity contribution < 1.29 is 19.8 Å². The molecule has 0 bridgehead atoms. The Hall–Kier alpha value is -1.53. The number of likely N-dealkylation sites (tertiary alicyclic amines) is 1. The Kier molecular flexibility index (Phi) is 4.67. The van der Waals surface area contributed by atoms with Crippen molar-refractivity contribution in [2.75, 3.05) is 12.3 Å². The fraction of sp³-hybridized carbons (Fsp3) is 0.429. The van der Waals surface area contributed by atoms with Gasteiger partial charge in [-0.25, -0.2) is 4.79 Å². The Bertz CT molecular complexity index is 520. The van der Waals surface area contributed by atoms with Gasteiger partial charge < -0.3 is 15.1 Å². The zero-order valence-electron chi connectivity index (χ0n) is 11.2. The number of thioether (sulfide) groups is 1.